The van der Waals surface area contributed by atoms with Crippen LogP contribution in [0.15, 0.2) is 46.1 Å². The maximum atomic E-state index is 11.9. The number of carbonyl (C=O) groups excluding carboxylic acids is 1. The maximum Gasteiger partial charge on any atom is 0.349 e. The smallest absolute Gasteiger partial charge is 0.349 e. The van der Waals surface area contributed by atoms with E-state index >= 15 is 0 Å². The summed E-state index contributed by atoms with van der Waals surface area (Å²) in [5.74, 6) is -0.594. The normalized spacial score (nSPS) is 12.9. The van der Waals surface area contributed by atoms with Crippen molar-refractivity contribution in [1.29, 1.82) is 0 Å². The number of amides is 1. The van der Waals surface area contributed by atoms with Gasteiger partial charge in [0.2, 0.25) is 3.79 Å². The summed E-state index contributed by atoms with van der Waals surface area (Å²) in [6.45, 7) is 0. The quantitative estimate of drug-likeness (QED) is 0.871. The average molecular weight is 337 g/mol. The molecule has 0 radical (unpaired) electrons. The van der Waals surface area contributed by atoms with E-state index in [0.29, 0.717) is 0 Å². The first-order valence-corrected chi connectivity index (χ1v) is 6.47. The first-order chi connectivity index (χ1) is 9.39. The molecule has 2 aromatic heterocycles. The molecule has 1 amide bonds. The van der Waals surface area contributed by atoms with Crippen LogP contribution < -0.4 is 11.0 Å². The Kier molecular flexibility index (Phi) is 4.37. The van der Waals surface area contributed by atoms with E-state index in [9.17, 15) is 9.59 Å². The second kappa shape index (κ2) is 5.87. The molecule has 6 nitrogen and oxygen atoms in total. The summed E-state index contributed by atoms with van der Waals surface area (Å²) in [7, 11) is 0. The van der Waals surface area contributed by atoms with E-state index in [-0.39, 0.29) is 5.76 Å². The van der Waals surface area contributed by atoms with Gasteiger partial charge in [0.05, 0.1) is 6.26 Å². The second-order valence-electron chi connectivity index (χ2n) is 3.70. The number of rotatable bonds is 3. The van der Waals surface area contributed by atoms with Crippen LogP contribution in [0.25, 0.3) is 0 Å². The van der Waals surface area contributed by atoms with Crippen LogP contribution in [0.3, 0.4) is 0 Å². The zero-order valence-corrected chi connectivity index (χ0v) is 12.1. The molecule has 20 heavy (non-hydrogen) atoms. The standard InChI is InChI=1S/C11H8Cl3N3O3/c12-11(13,14)9(17-5-2-4-15-10(17)19)16-8(18)7-3-1-6-20-7/h1-6,9H,(H,16,18). The second-order valence-corrected chi connectivity index (χ2v) is 6.07. The first kappa shape index (κ1) is 14.9. The van der Waals surface area contributed by atoms with E-state index in [1.165, 1.54) is 36.9 Å². The molecule has 0 fully saturated rings. The molecule has 1 N–H and O–H groups in total. The molecule has 0 bridgehead atoms. The van der Waals surface area contributed by atoms with E-state index < -0.39 is 21.6 Å². The Labute approximate surface area is 128 Å². The van der Waals surface area contributed by atoms with Crippen molar-refractivity contribution >= 4 is 40.7 Å². The molecule has 0 aliphatic rings. The Morgan fingerprint density at radius 3 is 2.70 bits per heavy atom. The molecule has 2 heterocycles. The highest BCUT2D eigenvalue weighted by atomic mass is 35.6. The highest BCUT2D eigenvalue weighted by Gasteiger charge is 2.36. The lowest BCUT2D eigenvalue weighted by Gasteiger charge is -2.26. The van der Waals surface area contributed by atoms with Crippen molar-refractivity contribution in [2.75, 3.05) is 0 Å². The molecule has 0 aliphatic heterocycles. The molecule has 1 atom stereocenters. The molecule has 9 heteroatoms. The lowest BCUT2D eigenvalue weighted by Crippen LogP contribution is -2.44. The van der Waals surface area contributed by atoms with Gasteiger partial charge in [0, 0.05) is 12.4 Å². The number of hydrogen-bond acceptors (Lipinski definition) is 4. The number of hydrogen-bond donors (Lipinski definition) is 1. The van der Waals surface area contributed by atoms with Crippen molar-refractivity contribution < 1.29 is 9.21 Å². The van der Waals surface area contributed by atoms with Crippen LogP contribution in [0.5, 0.6) is 0 Å². The molecule has 0 spiro atoms. The van der Waals surface area contributed by atoms with Crippen LogP contribution in [0.1, 0.15) is 16.7 Å². The van der Waals surface area contributed by atoms with Crippen LogP contribution in [0, 0.1) is 0 Å². The van der Waals surface area contributed by atoms with E-state index in [1.54, 1.807) is 0 Å². The van der Waals surface area contributed by atoms with Crippen LogP contribution in [0.2, 0.25) is 0 Å². The van der Waals surface area contributed by atoms with Crippen LogP contribution in [0.4, 0.5) is 0 Å². The summed E-state index contributed by atoms with van der Waals surface area (Å²) >= 11 is 17.4. The minimum Gasteiger partial charge on any atom is -0.459 e. The number of aromatic nitrogens is 2. The Hall–Kier alpha value is -1.50. The molecule has 106 valence electrons. The van der Waals surface area contributed by atoms with Crippen LogP contribution in [-0.4, -0.2) is 19.3 Å². The Morgan fingerprint density at radius 1 is 1.40 bits per heavy atom. The fourth-order valence-electron chi connectivity index (χ4n) is 1.48. The van der Waals surface area contributed by atoms with Crippen LogP contribution in [-0.2, 0) is 0 Å². The Balaban J connectivity index is 2.33. The largest absolute Gasteiger partial charge is 0.459 e. The van der Waals surface area contributed by atoms with Crippen molar-refractivity contribution in [3.63, 3.8) is 0 Å². The molecule has 0 aliphatic carbocycles. The zero-order valence-electron chi connectivity index (χ0n) is 9.79. The molecule has 0 aromatic carbocycles. The van der Waals surface area contributed by atoms with Gasteiger partial charge < -0.3 is 9.73 Å². The topological polar surface area (TPSA) is 77.1 Å². The van der Waals surface area contributed by atoms with Gasteiger partial charge in [-0.25, -0.2) is 9.78 Å². The van der Waals surface area contributed by atoms with Crippen LogP contribution >= 0.6 is 34.8 Å². The number of alkyl halides is 3. The molecular formula is C11H8Cl3N3O3. The maximum absolute atomic E-state index is 11.9. The van der Waals surface area contributed by atoms with Gasteiger partial charge in [-0.05, 0) is 18.2 Å². The van der Waals surface area contributed by atoms with Crippen molar-refractivity contribution in [2.24, 2.45) is 0 Å². The summed E-state index contributed by atoms with van der Waals surface area (Å²) in [4.78, 5) is 27.1. The van der Waals surface area contributed by atoms with Crippen molar-refractivity contribution in [3.05, 3.63) is 53.1 Å². The third-order valence-corrected chi connectivity index (χ3v) is 2.96. The monoisotopic (exact) mass is 335 g/mol. The Morgan fingerprint density at radius 2 is 2.15 bits per heavy atom. The number of furan rings is 1. The minimum absolute atomic E-state index is 0.0289. The number of nitrogens with zero attached hydrogens (tertiary/aromatic N) is 2. The van der Waals surface area contributed by atoms with Crippen molar-refractivity contribution in [3.8, 4) is 0 Å². The highest BCUT2D eigenvalue weighted by Crippen LogP contribution is 2.36. The van der Waals surface area contributed by atoms with Gasteiger partial charge in [0.25, 0.3) is 5.91 Å². The summed E-state index contributed by atoms with van der Waals surface area (Å²) in [5.41, 5.74) is -0.663. The van der Waals surface area contributed by atoms with E-state index in [1.807, 2.05) is 0 Å². The molecule has 1 unspecified atom stereocenters. The van der Waals surface area contributed by atoms with Gasteiger partial charge in [-0.2, -0.15) is 0 Å². The van der Waals surface area contributed by atoms with E-state index in [2.05, 4.69) is 10.3 Å². The number of halogens is 3. The minimum atomic E-state index is -1.95. The third kappa shape index (κ3) is 3.33. The Bertz CT molecular complexity index is 649. The van der Waals surface area contributed by atoms with E-state index in [0.717, 1.165) is 4.57 Å². The summed E-state index contributed by atoms with van der Waals surface area (Å²) < 4.78 is 3.99. The van der Waals surface area contributed by atoms with Gasteiger partial charge in [0.1, 0.15) is 0 Å². The third-order valence-electron chi connectivity index (χ3n) is 2.34. The molecule has 2 rings (SSSR count). The fourth-order valence-corrected chi connectivity index (χ4v) is 1.96. The number of nitrogens with one attached hydrogen (secondary N) is 1. The highest BCUT2D eigenvalue weighted by molar-refractivity contribution is 6.67. The summed E-state index contributed by atoms with van der Waals surface area (Å²) in [6.07, 6.45) is 2.74. The summed E-state index contributed by atoms with van der Waals surface area (Å²) in [5, 5.41) is 2.41. The number of carbonyl (C=O) groups is 1. The lowest BCUT2D eigenvalue weighted by atomic mass is 10.4. The molecule has 0 saturated carbocycles. The van der Waals surface area contributed by atoms with Crippen molar-refractivity contribution in [1.82, 2.24) is 14.9 Å². The molecule has 0 saturated heterocycles. The van der Waals surface area contributed by atoms with Gasteiger partial charge in [-0.3, -0.25) is 9.36 Å². The van der Waals surface area contributed by atoms with Gasteiger partial charge >= 0.3 is 5.69 Å². The predicted octanol–water partition coefficient (Wildman–Crippen LogP) is 2.14. The molecule has 2 aromatic rings. The zero-order chi connectivity index (χ0) is 14.8. The first-order valence-electron chi connectivity index (χ1n) is 5.34. The van der Waals surface area contributed by atoms with Gasteiger partial charge in [0.15, 0.2) is 11.9 Å². The fraction of sp³-hybridized carbons (Fsp3) is 0.182. The molecular weight excluding hydrogens is 328 g/mol. The summed E-state index contributed by atoms with van der Waals surface area (Å²) in [6, 6.07) is 4.45. The van der Waals surface area contributed by atoms with Gasteiger partial charge in [-0.15, -0.1) is 0 Å². The SMILES string of the molecule is O=C(NC(n1cccnc1=O)C(Cl)(Cl)Cl)c1ccco1. The van der Waals surface area contributed by atoms with Crippen molar-refractivity contribution in [2.45, 2.75) is 9.96 Å². The van der Waals surface area contributed by atoms with E-state index in [4.69, 9.17) is 39.2 Å². The average Bonchev–Trinajstić information content (AvgIpc) is 2.89. The lowest BCUT2D eigenvalue weighted by molar-refractivity contribution is 0.0891. The predicted molar refractivity (Wildman–Crippen MR) is 74.0 cm³/mol. The van der Waals surface area contributed by atoms with Gasteiger partial charge in [-0.1, -0.05) is 34.8 Å².